The number of aryl methyl sites for hydroxylation is 2. The summed E-state index contributed by atoms with van der Waals surface area (Å²) in [6.45, 7) is 4.70. The predicted molar refractivity (Wildman–Crippen MR) is 86.8 cm³/mol. The summed E-state index contributed by atoms with van der Waals surface area (Å²) in [4.78, 5) is 0. The Hall–Kier alpha value is -2.62. The van der Waals surface area contributed by atoms with Crippen molar-refractivity contribution in [3.05, 3.63) is 77.0 Å². The third-order valence-corrected chi connectivity index (χ3v) is 3.37. The maximum Gasteiger partial charge on any atom is 0.235 e. The minimum atomic E-state index is 0.532. The van der Waals surface area contributed by atoms with Gasteiger partial charge in [-0.1, -0.05) is 36.4 Å². The van der Waals surface area contributed by atoms with Crippen LogP contribution in [-0.2, 0) is 13.0 Å². The van der Waals surface area contributed by atoms with Gasteiger partial charge >= 0.3 is 0 Å². The monoisotopic (exact) mass is 293 g/mol. The zero-order chi connectivity index (χ0) is 15.4. The second-order valence-electron chi connectivity index (χ2n) is 5.48. The third-order valence-electron chi connectivity index (χ3n) is 3.37. The average molecular weight is 293 g/mol. The molecule has 2 aromatic carbocycles. The maximum atomic E-state index is 5.69. The lowest BCUT2D eigenvalue weighted by atomic mass is 10.1. The van der Waals surface area contributed by atoms with E-state index in [1.807, 2.05) is 18.2 Å². The molecule has 0 unspecified atom stereocenters. The van der Waals surface area contributed by atoms with Crippen molar-refractivity contribution in [1.82, 2.24) is 10.2 Å². The first-order valence-electron chi connectivity index (χ1n) is 7.36. The van der Waals surface area contributed by atoms with Crippen molar-refractivity contribution >= 4 is 5.69 Å². The van der Waals surface area contributed by atoms with Crippen LogP contribution in [0.25, 0.3) is 0 Å². The molecule has 4 nitrogen and oxygen atoms in total. The highest BCUT2D eigenvalue weighted by Gasteiger charge is 2.07. The maximum absolute atomic E-state index is 5.69. The summed E-state index contributed by atoms with van der Waals surface area (Å²) >= 11 is 0. The van der Waals surface area contributed by atoms with Crippen LogP contribution in [0.3, 0.4) is 0 Å². The Bertz CT molecular complexity index is 730. The van der Waals surface area contributed by atoms with Gasteiger partial charge in [-0.3, -0.25) is 0 Å². The van der Waals surface area contributed by atoms with Crippen LogP contribution in [0.15, 0.2) is 52.9 Å². The molecular formula is C18H19N3O. The Balaban J connectivity index is 1.62. The first kappa shape index (κ1) is 14.3. The van der Waals surface area contributed by atoms with Crippen LogP contribution in [0.5, 0.6) is 0 Å². The summed E-state index contributed by atoms with van der Waals surface area (Å²) in [5.41, 5.74) is 4.70. The van der Waals surface area contributed by atoms with E-state index in [2.05, 4.69) is 59.7 Å². The van der Waals surface area contributed by atoms with Gasteiger partial charge in [0.25, 0.3) is 0 Å². The molecule has 0 atom stereocenters. The molecule has 0 amide bonds. The highest BCUT2D eigenvalue weighted by Crippen LogP contribution is 2.15. The molecule has 1 heterocycles. The van der Waals surface area contributed by atoms with Crippen molar-refractivity contribution in [2.75, 3.05) is 5.32 Å². The van der Waals surface area contributed by atoms with E-state index < -0.39 is 0 Å². The standard InChI is InChI=1S/C18H19N3O/c1-13-8-14(2)10-16(9-13)19-12-18-21-20-17(22-18)11-15-6-4-3-5-7-15/h3-10,19H,11-12H2,1-2H3. The normalized spacial score (nSPS) is 10.6. The molecule has 0 saturated heterocycles. The molecule has 0 fully saturated rings. The number of hydrogen-bond acceptors (Lipinski definition) is 4. The molecule has 3 rings (SSSR count). The van der Waals surface area contributed by atoms with Gasteiger partial charge in [0.05, 0.1) is 13.0 Å². The zero-order valence-corrected chi connectivity index (χ0v) is 12.8. The predicted octanol–water partition coefficient (Wildman–Crippen LogP) is 3.89. The molecule has 1 N–H and O–H groups in total. The summed E-state index contributed by atoms with van der Waals surface area (Å²) in [5, 5.41) is 11.5. The fourth-order valence-electron chi connectivity index (χ4n) is 2.46. The van der Waals surface area contributed by atoms with Crippen LogP contribution in [-0.4, -0.2) is 10.2 Å². The van der Waals surface area contributed by atoms with E-state index in [0.717, 1.165) is 5.69 Å². The summed E-state index contributed by atoms with van der Waals surface area (Å²) in [6.07, 6.45) is 0.664. The van der Waals surface area contributed by atoms with E-state index in [-0.39, 0.29) is 0 Å². The van der Waals surface area contributed by atoms with E-state index in [0.29, 0.717) is 24.7 Å². The lowest BCUT2D eigenvalue weighted by Crippen LogP contribution is -2.00. The third kappa shape index (κ3) is 3.73. The van der Waals surface area contributed by atoms with Gasteiger partial charge in [-0.25, -0.2) is 0 Å². The topological polar surface area (TPSA) is 51.0 Å². The average Bonchev–Trinajstić information content (AvgIpc) is 2.93. The summed E-state index contributed by atoms with van der Waals surface area (Å²) in [6, 6.07) is 16.5. The van der Waals surface area contributed by atoms with Crippen LogP contribution in [0.1, 0.15) is 28.5 Å². The Morgan fingerprint density at radius 3 is 2.32 bits per heavy atom. The van der Waals surface area contributed by atoms with Crippen LogP contribution >= 0.6 is 0 Å². The Kier molecular flexibility index (Phi) is 4.19. The van der Waals surface area contributed by atoms with Crippen molar-refractivity contribution in [3.63, 3.8) is 0 Å². The summed E-state index contributed by atoms with van der Waals surface area (Å²) < 4.78 is 5.69. The first-order chi connectivity index (χ1) is 10.7. The number of rotatable bonds is 5. The van der Waals surface area contributed by atoms with Gasteiger partial charge in [-0.05, 0) is 42.7 Å². The molecule has 0 spiro atoms. The highest BCUT2D eigenvalue weighted by molar-refractivity contribution is 5.48. The van der Waals surface area contributed by atoms with Crippen molar-refractivity contribution in [3.8, 4) is 0 Å². The van der Waals surface area contributed by atoms with E-state index in [1.165, 1.54) is 16.7 Å². The Morgan fingerprint density at radius 1 is 0.909 bits per heavy atom. The van der Waals surface area contributed by atoms with Crippen LogP contribution < -0.4 is 5.32 Å². The molecule has 0 saturated carbocycles. The Labute approximate surface area is 130 Å². The van der Waals surface area contributed by atoms with Crippen LogP contribution in [0.4, 0.5) is 5.69 Å². The quantitative estimate of drug-likeness (QED) is 0.775. The van der Waals surface area contributed by atoms with Crippen molar-refractivity contribution in [1.29, 1.82) is 0 Å². The molecule has 0 aliphatic rings. The SMILES string of the molecule is Cc1cc(C)cc(NCc2nnc(Cc3ccccc3)o2)c1. The number of nitrogens with zero attached hydrogens (tertiary/aromatic N) is 2. The van der Waals surface area contributed by atoms with Gasteiger partial charge in [0.2, 0.25) is 11.8 Å². The smallest absolute Gasteiger partial charge is 0.235 e. The minimum absolute atomic E-state index is 0.532. The number of benzene rings is 2. The summed E-state index contributed by atoms with van der Waals surface area (Å²) in [7, 11) is 0. The molecule has 4 heteroatoms. The van der Waals surface area contributed by atoms with E-state index in [4.69, 9.17) is 4.42 Å². The molecule has 3 aromatic rings. The van der Waals surface area contributed by atoms with Crippen molar-refractivity contribution in [2.24, 2.45) is 0 Å². The number of hydrogen-bond donors (Lipinski definition) is 1. The largest absolute Gasteiger partial charge is 0.423 e. The molecule has 0 bridgehead atoms. The lowest BCUT2D eigenvalue weighted by Gasteiger charge is -2.06. The first-order valence-corrected chi connectivity index (χ1v) is 7.36. The molecule has 0 aliphatic heterocycles. The van der Waals surface area contributed by atoms with Gasteiger partial charge in [-0.2, -0.15) is 0 Å². The molecule has 1 aromatic heterocycles. The molecule has 22 heavy (non-hydrogen) atoms. The molecule has 0 aliphatic carbocycles. The minimum Gasteiger partial charge on any atom is -0.423 e. The fourth-order valence-corrected chi connectivity index (χ4v) is 2.46. The van der Waals surface area contributed by atoms with Gasteiger partial charge in [-0.15, -0.1) is 10.2 Å². The lowest BCUT2D eigenvalue weighted by molar-refractivity contribution is 0.464. The molecular weight excluding hydrogens is 274 g/mol. The van der Waals surface area contributed by atoms with E-state index in [9.17, 15) is 0 Å². The zero-order valence-electron chi connectivity index (χ0n) is 12.8. The van der Waals surface area contributed by atoms with Crippen LogP contribution in [0, 0.1) is 13.8 Å². The molecule has 0 radical (unpaired) electrons. The van der Waals surface area contributed by atoms with Gasteiger partial charge in [0.1, 0.15) is 0 Å². The fraction of sp³-hybridized carbons (Fsp3) is 0.222. The van der Waals surface area contributed by atoms with E-state index >= 15 is 0 Å². The van der Waals surface area contributed by atoms with Crippen LogP contribution in [0.2, 0.25) is 0 Å². The van der Waals surface area contributed by atoms with Gasteiger partial charge in [0.15, 0.2) is 0 Å². The molecule has 112 valence electrons. The van der Waals surface area contributed by atoms with Crippen molar-refractivity contribution in [2.45, 2.75) is 26.8 Å². The Morgan fingerprint density at radius 2 is 1.59 bits per heavy atom. The van der Waals surface area contributed by atoms with Gasteiger partial charge < -0.3 is 9.73 Å². The van der Waals surface area contributed by atoms with E-state index in [1.54, 1.807) is 0 Å². The number of aromatic nitrogens is 2. The van der Waals surface area contributed by atoms with Gasteiger partial charge in [0, 0.05) is 5.69 Å². The number of nitrogens with one attached hydrogen (secondary N) is 1. The van der Waals surface area contributed by atoms with Crippen molar-refractivity contribution < 1.29 is 4.42 Å². The second-order valence-corrected chi connectivity index (χ2v) is 5.48. The summed E-state index contributed by atoms with van der Waals surface area (Å²) in [5.74, 6) is 1.24. The number of anilines is 1. The second kappa shape index (κ2) is 6.43. The highest BCUT2D eigenvalue weighted by atomic mass is 16.4.